The zero-order valence-corrected chi connectivity index (χ0v) is 20.4. The number of hydrogen-bond acceptors (Lipinski definition) is 7. The van der Waals surface area contributed by atoms with Crippen LogP contribution in [0.5, 0.6) is 0 Å². The molecular weight excluding hydrogens is 462 g/mol. The molecule has 0 spiro atoms. The molecule has 3 heterocycles. The molecule has 4 aromatic rings. The van der Waals surface area contributed by atoms with Crippen molar-refractivity contribution in [3.8, 4) is 0 Å². The number of pyridine rings is 1. The SMILES string of the molecule is Clc1ccc2c(NCCCNCc3nc(Cc4ccccc4)c(N4CCOCC4)o3)ccnc2c1. The van der Waals surface area contributed by atoms with Crippen LogP contribution in [0.3, 0.4) is 0 Å². The van der Waals surface area contributed by atoms with E-state index < -0.39 is 0 Å². The number of oxazole rings is 1. The average molecular weight is 492 g/mol. The number of rotatable bonds is 10. The Kier molecular flexibility index (Phi) is 7.78. The van der Waals surface area contributed by atoms with Crippen LogP contribution in [0, 0.1) is 0 Å². The highest BCUT2D eigenvalue weighted by Gasteiger charge is 2.21. The highest BCUT2D eigenvalue weighted by Crippen LogP contribution is 2.26. The largest absolute Gasteiger partial charge is 0.423 e. The summed E-state index contributed by atoms with van der Waals surface area (Å²) in [5, 5.41) is 8.75. The van der Waals surface area contributed by atoms with Gasteiger partial charge in [0.2, 0.25) is 11.8 Å². The van der Waals surface area contributed by atoms with Gasteiger partial charge in [-0.15, -0.1) is 0 Å². The Morgan fingerprint density at radius 3 is 2.71 bits per heavy atom. The highest BCUT2D eigenvalue weighted by atomic mass is 35.5. The molecular formula is C27H30ClN5O2. The van der Waals surface area contributed by atoms with E-state index in [2.05, 4.69) is 44.8 Å². The first-order valence-corrected chi connectivity index (χ1v) is 12.5. The monoisotopic (exact) mass is 491 g/mol. The number of nitrogens with one attached hydrogen (secondary N) is 2. The zero-order chi connectivity index (χ0) is 23.9. The van der Waals surface area contributed by atoms with Gasteiger partial charge >= 0.3 is 0 Å². The molecule has 0 atom stereocenters. The normalized spacial score (nSPS) is 13.9. The Hall–Kier alpha value is -3.13. The fraction of sp³-hybridized carbons (Fsp3) is 0.333. The molecule has 7 nitrogen and oxygen atoms in total. The number of nitrogens with zero attached hydrogens (tertiary/aromatic N) is 3. The standard InChI is InChI=1S/C27H30ClN5O2/c28-21-7-8-22-23(9-12-31-24(22)18-21)30-11-4-10-29-19-26-32-25(17-20-5-2-1-3-6-20)27(35-26)33-13-15-34-16-14-33/h1-3,5-9,12,18,29H,4,10-11,13-17,19H2,(H,30,31). The van der Waals surface area contributed by atoms with E-state index in [-0.39, 0.29) is 0 Å². The van der Waals surface area contributed by atoms with Gasteiger partial charge in [0.15, 0.2) is 0 Å². The van der Waals surface area contributed by atoms with E-state index in [1.165, 1.54) is 5.56 Å². The number of halogens is 1. The first-order chi connectivity index (χ1) is 17.3. The van der Waals surface area contributed by atoms with Crippen molar-refractivity contribution in [3.05, 3.63) is 83.0 Å². The molecule has 182 valence electrons. The summed E-state index contributed by atoms with van der Waals surface area (Å²) in [6, 6.07) is 18.2. The Bertz CT molecular complexity index is 1240. The lowest BCUT2D eigenvalue weighted by atomic mass is 10.1. The quantitative estimate of drug-likeness (QED) is 0.306. The lowest BCUT2D eigenvalue weighted by molar-refractivity contribution is 0.120. The van der Waals surface area contributed by atoms with Crippen LogP contribution in [-0.4, -0.2) is 49.4 Å². The van der Waals surface area contributed by atoms with Crippen molar-refractivity contribution in [3.63, 3.8) is 0 Å². The van der Waals surface area contributed by atoms with Gasteiger partial charge in [-0.1, -0.05) is 41.9 Å². The zero-order valence-electron chi connectivity index (χ0n) is 19.7. The van der Waals surface area contributed by atoms with Crippen molar-refractivity contribution < 1.29 is 9.15 Å². The van der Waals surface area contributed by atoms with Crippen LogP contribution in [0.4, 0.5) is 11.6 Å². The molecule has 2 N–H and O–H groups in total. The molecule has 1 aliphatic heterocycles. The van der Waals surface area contributed by atoms with Crippen molar-refractivity contribution in [2.24, 2.45) is 0 Å². The van der Waals surface area contributed by atoms with Crippen LogP contribution >= 0.6 is 11.6 Å². The second kappa shape index (κ2) is 11.5. The fourth-order valence-corrected chi connectivity index (χ4v) is 4.46. The molecule has 2 aromatic carbocycles. The summed E-state index contributed by atoms with van der Waals surface area (Å²) >= 11 is 6.09. The third-order valence-electron chi connectivity index (χ3n) is 6.06. The third-order valence-corrected chi connectivity index (χ3v) is 6.30. The molecule has 0 unspecified atom stereocenters. The summed E-state index contributed by atoms with van der Waals surface area (Å²) in [5.74, 6) is 1.60. The van der Waals surface area contributed by atoms with E-state index in [0.29, 0.717) is 24.8 Å². The van der Waals surface area contributed by atoms with Gasteiger partial charge in [-0.2, -0.15) is 0 Å². The number of anilines is 2. The molecule has 2 aromatic heterocycles. The van der Waals surface area contributed by atoms with E-state index in [0.717, 1.165) is 73.1 Å². The number of hydrogen-bond donors (Lipinski definition) is 2. The molecule has 5 rings (SSSR count). The van der Waals surface area contributed by atoms with Gasteiger partial charge in [-0.05, 0) is 42.8 Å². The molecule has 0 radical (unpaired) electrons. The maximum atomic E-state index is 6.22. The van der Waals surface area contributed by atoms with Gasteiger partial charge in [0.25, 0.3) is 0 Å². The van der Waals surface area contributed by atoms with Gasteiger partial charge in [0, 0.05) is 48.3 Å². The first-order valence-electron chi connectivity index (χ1n) is 12.1. The fourth-order valence-electron chi connectivity index (χ4n) is 4.29. The molecule has 0 amide bonds. The van der Waals surface area contributed by atoms with Crippen LogP contribution in [-0.2, 0) is 17.7 Å². The molecule has 0 saturated carbocycles. The van der Waals surface area contributed by atoms with Crippen LogP contribution in [0.15, 0.2) is 65.2 Å². The lowest BCUT2D eigenvalue weighted by Crippen LogP contribution is -2.36. The average Bonchev–Trinajstić information content (AvgIpc) is 3.29. The smallest absolute Gasteiger partial charge is 0.220 e. The van der Waals surface area contributed by atoms with Crippen molar-refractivity contribution in [2.45, 2.75) is 19.4 Å². The summed E-state index contributed by atoms with van der Waals surface area (Å²) in [7, 11) is 0. The second-order valence-electron chi connectivity index (χ2n) is 8.60. The molecule has 8 heteroatoms. The van der Waals surface area contributed by atoms with E-state index in [1.54, 1.807) is 6.20 Å². The minimum Gasteiger partial charge on any atom is -0.423 e. The Labute approximate surface area is 210 Å². The summed E-state index contributed by atoms with van der Waals surface area (Å²) in [6.07, 6.45) is 3.53. The number of morpholine rings is 1. The van der Waals surface area contributed by atoms with E-state index in [4.69, 9.17) is 25.7 Å². The maximum Gasteiger partial charge on any atom is 0.220 e. The predicted octanol–water partition coefficient (Wildman–Crippen LogP) is 4.90. The van der Waals surface area contributed by atoms with Crippen molar-refractivity contribution in [1.82, 2.24) is 15.3 Å². The highest BCUT2D eigenvalue weighted by molar-refractivity contribution is 6.31. The summed E-state index contributed by atoms with van der Waals surface area (Å²) in [6.45, 7) is 5.38. The first kappa shape index (κ1) is 23.6. The molecule has 1 saturated heterocycles. The van der Waals surface area contributed by atoms with Gasteiger partial charge in [-0.25, -0.2) is 4.98 Å². The predicted molar refractivity (Wildman–Crippen MR) is 140 cm³/mol. The van der Waals surface area contributed by atoms with Gasteiger partial charge in [0.05, 0.1) is 25.3 Å². The van der Waals surface area contributed by atoms with E-state index in [9.17, 15) is 0 Å². The molecule has 0 bridgehead atoms. The Morgan fingerprint density at radius 1 is 1.00 bits per heavy atom. The minimum absolute atomic E-state index is 0.600. The van der Waals surface area contributed by atoms with E-state index in [1.807, 2.05) is 30.3 Å². The summed E-state index contributed by atoms with van der Waals surface area (Å²) < 4.78 is 11.7. The molecule has 0 aliphatic carbocycles. The van der Waals surface area contributed by atoms with Gasteiger partial charge in [-0.3, -0.25) is 4.98 Å². The third kappa shape index (κ3) is 6.11. The Balaban J connectivity index is 1.15. The Morgan fingerprint density at radius 2 is 1.86 bits per heavy atom. The summed E-state index contributed by atoms with van der Waals surface area (Å²) in [5.41, 5.74) is 4.18. The van der Waals surface area contributed by atoms with E-state index >= 15 is 0 Å². The molecule has 1 fully saturated rings. The maximum absolute atomic E-state index is 6.22. The minimum atomic E-state index is 0.600. The topological polar surface area (TPSA) is 75.5 Å². The number of fused-ring (bicyclic) bond motifs is 1. The van der Waals surface area contributed by atoms with Crippen molar-refractivity contribution in [2.75, 3.05) is 49.6 Å². The van der Waals surface area contributed by atoms with Crippen LogP contribution in [0.2, 0.25) is 5.02 Å². The van der Waals surface area contributed by atoms with Gasteiger partial charge in [0.1, 0.15) is 5.69 Å². The van der Waals surface area contributed by atoms with Crippen LogP contribution in [0.1, 0.15) is 23.6 Å². The van der Waals surface area contributed by atoms with Crippen LogP contribution in [0.25, 0.3) is 10.9 Å². The number of aromatic nitrogens is 2. The number of ether oxygens (including phenoxy) is 1. The second-order valence-corrected chi connectivity index (χ2v) is 9.03. The molecule has 1 aliphatic rings. The van der Waals surface area contributed by atoms with Gasteiger partial charge < -0.3 is 24.7 Å². The van der Waals surface area contributed by atoms with Crippen LogP contribution < -0.4 is 15.5 Å². The molecule has 35 heavy (non-hydrogen) atoms. The lowest BCUT2D eigenvalue weighted by Gasteiger charge is -2.26. The van der Waals surface area contributed by atoms with Crippen molar-refractivity contribution >= 4 is 34.1 Å². The summed E-state index contributed by atoms with van der Waals surface area (Å²) in [4.78, 5) is 11.5. The van der Waals surface area contributed by atoms with Crippen molar-refractivity contribution in [1.29, 1.82) is 0 Å². The number of benzene rings is 2.